The highest BCUT2D eigenvalue weighted by molar-refractivity contribution is 5.73. The Kier molecular flexibility index (Phi) is 9.04. The van der Waals surface area contributed by atoms with Crippen LogP contribution in [0.4, 0.5) is 0 Å². The fraction of sp³-hybridized carbons (Fsp3) is 0.818. The smallest absolute Gasteiger partial charge is 0.322 e. The number of amides is 1. The molecule has 9 N–H and O–H groups in total. The number of carbonyl (C=O) groups excluding carboxylic acids is 1. The molecule has 130 valence electrons. The fourth-order valence-corrected chi connectivity index (χ4v) is 1.57. The van der Waals surface area contributed by atoms with E-state index >= 15 is 0 Å². The van der Waals surface area contributed by atoms with Gasteiger partial charge in [-0.25, -0.2) is 0 Å². The summed E-state index contributed by atoms with van der Waals surface area (Å²) in [7, 11) is 0. The van der Waals surface area contributed by atoms with Crippen molar-refractivity contribution in [1.82, 2.24) is 5.32 Å². The van der Waals surface area contributed by atoms with Gasteiger partial charge in [0, 0.05) is 6.92 Å². The Balaban J connectivity index is 0.000000534. The number of hydrogen-bond acceptors (Lipinski definition) is 9. The molecular formula is C11H22N2O9. The lowest BCUT2D eigenvalue weighted by Gasteiger charge is -2.40. The number of carbonyl (C=O) groups is 2. The van der Waals surface area contributed by atoms with Crippen molar-refractivity contribution < 1.29 is 45.0 Å². The van der Waals surface area contributed by atoms with Gasteiger partial charge in [-0.2, -0.15) is 0 Å². The molecule has 0 aliphatic carbocycles. The number of hydrogen-bond donors (Lipinski definition) is 8. The van der Waals surface area contributed by atoms with E-state index in [0.717, 1.165) is 0 Å². The topological polar surface area (TPSA) is 203 Å². The molecule has 1 aliphatic rings. The standard InChI is InChI=1S/C8H15NO6.C3H7NO3/c1-3(11)9-5-7(13)6(12)4(2-10)15-8(5)14;4-2(1-5)3(6)7/h4-8,10,12-14H,2H2,1H3,(H,9,11);2,5H,1,4H2,(H,6,7)/t4-,5-,6+,7-,8?;/m1./s1. The molecule has 11 nitrogen and oxygen atoms in total. The van der Waals surface area contributed by atoms with E-state index in [1.165, 1.54) is 6.92 Å². The summed E-state index contributed by atoms with van der Waals surface area (Å²) in [4.78, 5) is 20.4. The summed E-state index contributed by atoms with van der Waals surface area (Å²) in [5, 5.41) is 55.3. The van der Waals surface area contributed by atoms with Crippen LogP contribution in [0.15, 0.2) is 0 Å². The Hall–Kier alpha value is -1.34. The first-order valence-electron chi connectivity index (χ1n) is 6.32. The van der Waals surface area contributed by atoms with Crippen LogP contribution in [-0.2, 0) is 14.3 Å². The maximum absolute atomic E-state index is 10.7. The van der Waals surface area contributed by atoms with Crippen LogP contribution >= 0.6 is 0 Å². The lowest BCUT2D eigenvalue weighted by Crippen LogP contribution is -2.63. The average molecular weight is 326 g/mol. The molecule has 0 bridgehead atoms. The summed E-state index contributed by atoms with van der Waals surface area (Å²) >= 11 is 0. The normalized spacial score (nSPS) is 32.4. The predicted molar refractivity (Wildman–Crippen MR) is 70.3 cm³/mol. The van der Waals surface area contributed by atoms with E-state index < -0.39 is 61.8 Å². The third-order valence-corrected chi connectivity index (χ3v) is 2.78. The third kappa shape index (κ3) is 6.19. The summed E-state index contributed by atoms with van der Waals surface area (Å²) in [6.45, 7) is 0.182. The van der Waals surface area contributed by atoms with Gasteiger partial charge in [0.25, 0.3) is 0 Å². The van der Waals surface area contributed by atoms with E-state index in [9.17, 15) is 24.9 Å². The molecular weight excluding hydrogens is 304 g/mol. The summed E-state index contributed by atoms with van der Waals surface area (Å²) in [5.41, 5.74) is 4.77. The predicted octanol–water partition coefficient (Wildman–Crippen LogP) is -4.69. The molecule has 11 heteroatoms. The van der Waals surface area contributed by atoms with Crippen molar-refractivity contribution in [3.8, 4) is 0 Å². The number of aliphatic hydroxyl groups excluding tert-OH is 5. The molecule has 0 aromatic carbocycles. The zero-order valence-electron chi connectivity index (χ0n) is 11.9. The number of aliphatic hydroxyl groups is 5. The number of carboxylic acids is 1. The molecule has 22 heavy (non-hydrogen) atoms. The number of ether oxygens (including phenoxy) is 1. The molecule has 1 heterocycles. The van der Waals surface area contributed by atoms with Gasteiger partial charge in [0.1, 0.15) is 30.4 Å². The maximum atomic E-state index is 10.7. The molecule has 1 saturated heterocycles. The van der Waals surface area contributed by atoms with Crippen molar-refractivity contribution in [3.05, 3.63) is 0 Å². The van der Waals surface area contributed by atoms with Crippen molar-refractivity contribution in [2.75, 3.05) is 13.2 Å². The van der Waals surface area contributed by atoms with Crippen LogP contribution < -0.4 is 11.1 Å². The number of nitrogens with one attached hydrogen (secondary N) is 1. The van der Waals surface area contributed by atoms with Crippen LogP contribution in [0.3, 0.4) is 0 Å². The van der Waals surface area contributed by atoms with Crippen molar-refractivity contribution >= 4 is 11.9 Å². The Morgan fingerprint density at radius 2 is 1.77 bits per heavy atom. The van der Waals surface area contributed by atoms with E-state index in [1.54, 1.807) is 0 Å². The maximum Gasteiger partial charge on any atom is 0.322 e. The molecule has 0 saturated carbocycles. The second kappa shape index (κ2) is 9.63. The Bertz CT molecular complexity index is 367. The summed E-state index contributed by atoms with van der Waals surface area (Å²) < 4.78 is 4.81. The molecule has 0 spiro atoms. The van der Waals surface area contributed by atoms with Crippen LogP contribution in [0.1, 0.15) is 6.92 Å². The first-order chi connectivity index (χ1) is 10.1. The highest BCUT2D eigenvalue weighted by Crippen LogP contribution is 2.19. The number of aliphatic carboxylic acids is 1. The summed E-state index contributed by atoms with van der Waals surface area (Å²) in [6.07, 6.45) is -5.24. The van der Waals surface area contributed by atoms with Gasteiger partial charge in [-0.3, -0.25) is 9.59 Å². The minimum absolute atomic E-state index is 0.462. The third-order valence-electron chi connectivity index (χ3n) is 2.78. The van der Waals surface area contributed by atoms with Gasteiger partial charge < -0.3 is 46.4 Å². The second-order valence-corrected chi connectivity index (χ2v) is 4.58. The van der Waals surface area contributed by atoms with E-state index in [1.807, 2.05) is 0 Å². The van der Waals surface area contributed by atoms with Gasteiger partial charge in [-0.15, -0.1) is 0 Å². The van der Waals surface area contributed by atoms with Crippen LogP contribution in [0, 0.1) is 0 Å². The lowest BCUT2D eigenvalue weighted by molar-refractivity contribution is -0.253. The van der Waals surface area contributed by atoms with Gasteiger partial charge in [0.2, 0.25) is 5.91 Å². The summed E-state index contributed by atoms with van der Waals surface area (Å²) in [6, 6.07) is -2.22. The minimum Gasteiger partial charge on any atom is -0.480 e. The van der Waals surface area contributed by atoms with E-state index in [4.69, 9.17) is 25.8 Å². The van der Waals surface area contributed by atoms with Crippen LogP contribution in [0.2, 0.25) is 0 Å². The minimum atomic E-state index is -1.45. The van der Waals surface area contributed by atoms with Crippen LogP contribution in [-0.4, -0.2) is 92.4 Å². The van der Waals surface area contributed by atoms with Gasteiger partial charge in [0.05, 0.1) is 13.2 Å². The molecule has 1 fully saturated rings. The Labute approximate surface area is 125 Å². The number of nitrogens with two attached hydrogens (primary N) is 1. The first-order valence-corrected chi connectivity index (χ1v) is 6.32. The largest absolute Gasteiger partial charge is 0.480 e. The van der Waals surface area contributed by atoms with E-state index in [0.29, 0.717) is 0 Å². The van der Waals surface area contributed by atoms with E-state index in [2.05, 4.69) is 5.32 Å². The first kappa shape index (κ1) is 20.7. The number of carboxylic acid groups (broad SMARTS) is 1. The zero-order chi connectivity index (χ0) is 17.4. The lowest BCUT2D eigenvalue weighted by atomic mass is 9.97. The molecule has 1 rings (SSSR count). The van der Waals surface area contributed by atoms with Gasteiger partial charge in [0.15, 0.2) is 6.29 Å². The highest BCUT2D eigenvalue weighted by atomic mass is 16.6. The molecule has 1 aliphatic heterocycles. The molecule has 6 atom stereocenters. The number of rotatable bonds is 4. The molecule has 1 amide bonds. The van der Waals surface area contributed by atoms with Crippen molar-refractivity contribution in [1.29, 1.82) is 0 Å². The molecule has 0 aromatic rings. The van der Waals surface area contributed by atoms with Crippen LogP contribution in [0.5, 0.6) is 0 Å². The Morgan fingerprint density at radius 3 is 2.09 bits per heavy atom. The van der Waals surface area contributed by atoms with Crippen molar-refractivity contribution in [2.45, 2.75) is 43.6 Å². The molecule has 2 unspecified atom stereocenters. The molecule has 0 aromatic heterocycles. The highest BCUT2D eigenvalue weighted by Gasteiger charge is 2.43. The Morgan fingerprint density at radius 1 is 1.23 bits per heavy atom. The average Bonchev–Trinajstić information content (AvgIpc) is 2.46. The van der Waals surface area contributed by atoms with Crippen molar-refractivity contribution in [3.63, 3.8) is 0 Å². The quantitative estimate of drug-likeness (QED) is 0.248. The molecule has 0 radical (unpaired) electrons. The van der Waals surface area contributed by atoms with Gasteiger partial charge in [-0.05, 0) is 0 Å². The summed E-state index contributed by atoms with van der Waals surface area (Å²) in [5.74, 6) is -1.64. The zero-order valence-corrected chi connectivity index (χ0v) is 11.9. The fourth-order valence-electron chi connectivity index (χ4n) is 1.57. The monoisotopic (exact) mass is 326 g/mol. The van der Waals surface area contributed by atoms with Gasteiger partial charge >= 0.3 is 5.97 Å². The van der Waals surface area contributed by atoms with E-state index in [-0.39, 0.29) is 0 Å². The van der Waals surface area contributed by atoms with Gasteiger partial charge in [-0.1, -0.05) is 0 Å². The SMILES string of the molecule is CC(=O)N[C@H]1C(O)O[C@H](CO)[C@H](O)[C@@H]1O.NC(CO)C(=O)O. The second-order valence-electron chi connectivity index (χ2n) is 4.58. The van der Waals surface area contributed by atoms with Crippen molar-refractivity contribution in [2.24, 2.45) is 5.73 Å². The van der Waals surface area contributed by atoms with Crippen LogP contribution in [0.25, 0.3) is 0 Å².